The summed E-state index contributed by atoms with van der Waals surface area (Å²) in [5, 5.41) is 13.3. The van der Waals surface area contributed by atoms with Crippen molar-refractivity contribution in [2.75, 3.05) is 37.6 Å². The smallest absolute Gasteiger partial charge is 0.272 e. The van der Waals surface area contributed by atoms with E-state index in [1.807, 2.05) is 25.1 Å². The Bertz CT molecular complexity index is 1160. The first kappa shape index (κ1) is 18.5. The number of anilines is 1. The van der Waals surface area contributed by atoms with Crippen LogP contribution in [-0.4, -0.2) is 77.4 Å². The zero-order valence-electron chi connectivity index (χ0n) is 17.0. The lowest BCUT2D eigenvalue weighted by Crippen LogP contribution is -2.46. The monoisotopic (exact) mass is 402 g/mol. The first-order chi connectivity index (χ1) is 14.7. The molecule has 0 radical (unpaired) electrons. The summed E-state index contributed by atoms with van der Waals surface area (Å²) < 4.78 is 1.71. The molecule has 30 heavy (non-hydrogen) atoms. The van der Waals surface area contributed by atoms with Gasteiger partial charge in [0.15, 0.2) is 5.82 Å². The third-order valence-corrected chi connectivity index (χ3v) is 5.42. The van der Waals surface area contributed by atoms with Crippen LogP contribution in [0.4, 0.5) is 5.95 Å². The molecule has 5 heterocycles. The van der Waals surface area contributed by atoms with E-state index in [0.29, 0.717) is 17.3 Å². The van der Waals surface area contributed by atoms with Crippen LogP contribution in [0.3, 0.4) is 0 Å². The van der Waals surface area contributed by atoms with Gasteiger partial charge >= 0.3 is 0 Å². The number of piperazine rings is 1. The van der Waals surface area contributed by atoms with E-state index in [9.17, 15) is 0 Å². The van der Waals surface area contributed by atoms with Gasteiger partial charge in [0, 0.05) is 50.3 Å². The summed E-state index contributed by atoms with van der Waals surface area (Å²) in [6, 6.07) is 5.59. The summed E-state index contributed by atoms with van der Waals surface area (Å²) in [7, 11) is 0. The molecule has 0 amide bonds. The summed E-state index contributed by atoms with van der Waals surface area (Å²) >= 11 is 0. The topological polar surface area (TPSA) is 101 Å². The van der Waals surface area contributed by atoms with E-state index >= 15 is 0 Å². The van der Waals surface area contributed by atoms with E-state index in [4.69, 9.17) is 4.98 Å². The van der Waals surface area contributed by atoms with E-state index in [-0.39, 0.29) is 0 Å². The van der Waals surface area contributed by atoms with Crippen molar-refractivity contribution in [3.8, 4) is 22.8 Å². The fourth-order valence-electron chi connectivity index (χ4n) is 3.62. The number of pyridine rings is 1. The minimum absolute atomic E-state index is 0.452. The molecule has 0 aromatic carbocycles. The van der Waals surface area contributed by atoms with Crippen LogP contribution in [-0.2, 0) is 0 Å². The van der Waals surface area contributed by atoms with Gasteiger partial charge in [-0.05, 0) is 31.7 Å². The van der Waals surface area contributed by atoms with E-state index < -0.39 is 0 Å². The average Bonchev–Trinajstić information content (AvgIpc) is 3.26. The highest BCUT2D eigenvalue weighted by molar-refractivity contribution is 5.61. The minimum atomic E-state index is 0.452. The lowest BCUT2D eigenvalue weighted by molar-refractivity contribution is 0.270. The predicted octanol–water partition coefficient (Wildman–Crippen LogP) is 1.49. The lowest BCUT2D eigenvalue weighted by Gasteiger charge is -2.34. The van der Waals surface area contributed by atoms with Crippen molar-refractivity contribution in [3.05, 3.63) is 42.5 Å². The number of aromatic nitrogens is 8. The van der Waals surface area contributed by atoms with Crippen molar-refractivity contribution in [3.63, 3.8) is 0 Å². The van der Waals surface area contributed by atoms with Gasteiger partial charge in [-0.25, -0.2) is 9.97 Å². The molecular formula is C20H22N10. The number of likely N-dealkylation sites (N-methyl/N-ethyl adjacent to an activating group) is 1. The molecule has 4 aromatic heterocycles. The first-order valence-electron chi connectivity index (χ1n) is 10.0. The predicted molar refractivity (Wildman–Crippen MR) is 112 cm³/mol. The van der Waals surface area contributed by atoms with Gasteiger partial charge < -0.3 is 9.80 Å². The molecule has 10 nitrogen and oxygen atoms in total. The standard InChI is InChI=1S/C20H22N10/c1-3-28-10-12-29(13-11-28)19-22-9-6-16(23-19)17-14(2)30-20(26-25-17)24-18(27-30)15-4-7-21-8-5-15/h4-9H,3,10-13H2,1-2H3. The molecule has 0 bridgehead atoms. The first-order valence-corrected chi connectivity index (χ1v) is 10.0. The Morgan fingerprint density at radius 3 is 2.50 bits per heavy atom. The summed E-state index contributed by atoms with van der Waals surface area (Å²) in [6.45, 7) is 9.08. The Balaban J connectivity index is 1.48. The summed E-state index contributed by atoms with van der Waals surface area (Å²) in [4.78, 5) is 22.4. The van der Waals surface area contributed by atoms with Gasteiger partial charge in [-0.3, -0.25) is 4.98 Å². The van der Waals surface area contributed by atoms with E-state index in [1.54, 1.807) is 23.1 Å². The van der Waals surface area contributed by atoms with Crippen LogP contribution >= 0.6 is 0 Å². The maximum atomic E-state index is 4.77. The van der Waals surface area contributed by atoms with Crippen molar-refractivity contribution in [1.29, 1.82) is 0 Å². The third kappa shape index (κ3) is 3.35. The van der Waals surface area contributed by atoms with Gasteiger partial charge in [0.05, 0.1) is 11.4 Å². The second-order valence-corrected chi connectivity index (χ2v) is 7.18. The molecule has 1 aliphatic rings. The van der Waals surface area contributed by atoms with Crippen molar-refractivity contribution >= 4 is 11.7 Å². The molecule has 0 spiro atoms. The van der Waals surface area contributed by atoms with Gasteiger partial charge in [0.25, 0.3) is 5.78 Å². The highest BCUT2D eigenvalue weighted by atomic mass is 15.4. The van der Waals surface area contributed by atoms with Crippen LogP contribution in [0.2, 0.25) is 0 Å². The molecule has 0 N–H and O–H groups in total. The Hall–Kier alpha value is -3.53. The van der Waals surface area contributed by atoms with Gasteiger partial charge in [0.1, 0.15) is 5.69 Å². The van der Waals surface area contributed by atoms with Crippen molar-refractivity contribution < 1.29 is 0 Å². The zero-order chi connectivity index (χ0) is 20.5. The molecule has 152 valence electrons. The minimum Gasteiger partial charge on any atom is -0.338 e. The maximum absolute atomic E-state index is 4.77. The van der Waals surface area contributed by atoms with Gasteiger partial charge in [-0.15, -0.1) is 15.3 Å². The lowest BCUT2D eigenvalue weighted by atomic mass is 10.2. The Labute approximate surface area is 173 Å². The number of hydrogen-bond acceptors (Lipinski definition) is 9. The largest absolute Gasteiger partial charge is 0.338 e. The van der Waals surface area contributed by atoms with Crippen LogP contribution in [0.15, 0.2) is 36.8 Å². The van der Waals surface area contributed by atoms with Crippen LogP contribution in [0.25, 0.3) is 28.6 Å². The summed E-state index contributed by atoms with van der Waals surface area (Å²) in [5.74, 6) is 1.76. The molecule has 10 heteroatoms. The average molecular weight is 402 g/mol. The molecule has 0 aliphatic carbocycles. The summed E-state index contributed by atoms with van der Waals surface area (Å²) in [6.07, 6.45) is 5.21. The molecule has 5 rings (SSSR count). The van der Waals surface area contributed by atoms with Gasteiger partial charge in [-0.2, -0.15) is 9.50 Å². The van der Waals surface area contributed by atoms with Gasteiger partial charge in [0.2, 0.25) is 5.95 Å². The third-order valence-electron chi connectivity index (χ3n) is 5.42. The van der Waals surface area contributed by atoms with Crippen LogP contribution in [0.5, 0.6) is 0 Å². The molecule has 1 fully saturated rings. The number of aryl methyl sites for hydroxylation is 1. The van der Waals surface area contributed by atoms with Crippen molar-refractivity contribution in [2.45, 2.75) is 13.8 Å². The fraction of sp³-hybridized carbons (Fsp3) is 0.350. The molecule has 1 saturated heterocycles. The van der Waals surface area contributed by atoms with E-state index in [0.717, 1.165) is 55.6 Å². The Morgan fingerprint density at radius 1 is 0.933 bits per heavy atom. The van der Waals surface area contributed by atoms with Crippen LogP contribution in [0.1, 0.15) is 12.6 Å². The molecule has 4 aromatic rings. The van der Waals surface area contributed by atoms with E-state index in [1.165, 1.54) is 0 Å². The zero-order valence-corrected chi connectivity index (χ0v) is 17.0. The van der Waals surface area contributed by atoms with Crippen molar-refractivity contribution in [2.24, 2.45) is 0 Å². The molecular weight excluding hydrogens is 380 g/mol. The molecule has 0 atom stereocenters. The maximum Gasteiger partial charge on any atom is 0.272 e. The number of rotatable bonds is 4. The Morgan fingerprint density at radius 2 is 1.73 bits per heavy atom. The number of nitrogens with zero attached hydrogens (tertiary/aromatic N) is 10. The normalized spacial score (nSPS) is 15.1. The van der Waals surface area contributed by atoms with Crippen LogP contribution < -0.4 is 4.90 Å². The van der Waals surface area contributed by atoms with E-state index in [2.05, 4.69) is 47.0 Å². The quantitative estimate of drug-likeness (QED) is 0.502. The van der Waals surface area contributed by atoms with Gasteiger partial charge in [-0.1, -0.05) is 6.92 Å². The molecule has 1 aliphatic heterocycles. The number of hydrogen-bond donors (Lipinski definition) is 0. The SMILES string of the molecule is CCN1CCN(c2nccc(-c3nnc4nc(-c5ccncc5)nn4c3C)n2)CC1. The van der Waals surface area contributed by atoms with Crippen LogP contribution in [0, 0.1) is 6.92 Å². The molecule has 0 unspecified atom stereocenters. The van der Waals surface area contributed by atoms with Crippen molar-refractivity contribution in [1.82, 2.24) is 44.6 Å². The highest BCUT2D eigenvalue weighted by Crippen LogP contribution is 2.22. The number of fused-ring (bicyclic) bond motifs is 1. The highest BCUT2D eigenvalue weighted by Gasteiger charge is 2.20. The molecule has 0 saturated carbocycles. The second-order valence-electron chi connectivity index (χ2n) is 7.18. The second kappa shape index (κ2) is 7.71. The fourth-order valence-corrected chi connectivity index (χ4v) is 3.62. The Kier molecular flexibility index (Phi) is 4.75. The summed E-state index contributed by atoms with van der Waals surface area (Å²) in [5.41, 5.74) is 3.11.